The second-order valence-corrected chi connectivity index (χ2v) is 7.57. The van der Waals surface area contributed by atoms with E-state index in [1.165, 1.54) is 0 Å². The number of amides is 2. The number of aromatic nitrogens is 1. The number of carbonyl (C=O) groups is 2. The van der Waals surface area contributed by atoms with Crippen LogP contribution in [0.25, 0.3) is 11.1 Å². The fourth-order valence-electron chi connectivity index (χ4n) is 3.62. The molecular formula is C22H25N5O2. The molecule has 29 heavy (non-hydrogen) atoms. The van der Waals surface area contributed by atoms with Crippen LogP contribution in [-0.2, 0) is 11.2 Å². The van der Waals surface area contributed by atoms with Gasteiger partial charge in [0, 0.05) is 18.2 Å². The summed E-state index contributed by atoms with van der Waals surface area (Å²) >= 11 is 0. The molecule has 1 heterocycles. The van der Waals surface area contributed by atoms with E-state index in [0.717, 1.165) is 36.0 Å². The number of hydrogen-bond donors (Lipinski definition) is 3. The van der Waals surface area contributed by atoms with E-state index < -0.39 is 17.5 Å². The van der Waals surface area contributed by atoms with Crippen LogP contribution in [0.2, 0.25) is 0 Å². The van der Waals surface area contributed by atoms with Gasteiger partial charge in [0.2, 0.25) is 5.91 Å². The molecule has 0 aliphatic heterocycles. The quantitative estimate of drug-likeness (QED) is 0.693. The Labute approximate surface area is 170 Å². The monoisotopic (exact) mass is 391 g/mol. The molecular weight excluding hydrogens is 366 g/mol. The molecule has 3 rings (SSSR count). The molecule has 7 heteroatoms. The summed E-state index contributed by atoms with van der Waals surface area (Å²) in [7, 11) is 0. The second-order valence-electron chi connectivity index (χ2n) is 7.57. The van der Waals surface area contributed by atoms with E-state index in [4.69, 9.17) is 11.5 Å². The fourth-order valence-corrected chi connectivity index (χ4v) is 3.62. The molecule has 1 saturated carbocycles. The third-order valence-electron chi connectivity index (χ3n) is 5.40. The summed E-state index contributed by atoms with van der Waals surface area (Å²) in [5.74, 6) is -0.801. The Bertz CT molecular complexity index is 910. The number of rotatable bonds is 6. The van der Waals surface area contributed by atoms with Crippen LogP contribution in [-0.4, -0.2) is 28.4 Å². The van der Waals surface area contributed by atoms with Gasteiger partial charge in [0.15, 0.2) is 0 Å². The summed E-state index contributed by atoms with van der Waals surface area (Å²) in [6.07, 6.45) is 6.30. The van der Waals surface area contributed by atoms with Crippen molar-refractivity contribution in [2.45, 2.75) is 50.1 Å². The minimum Gasteiger partial charge on any atom is -0.364 e. The van der Waals surface area contributed by atoms with Crippen LogP contribution in [0.5, 0.6) is 0 Å². The Morgan fingerprint density at radius 1 is 1.10 bits per heavy atom. The predicted molar refractivity (Wildman–Crippen MR) is 109 cm³/mol. The maximum absolute atomic E-state index is 12.6. The molecule has 1 aromatic carbocycles. The molecule has 0 radical (unpaired) electrons. The van der Waals surface area contributed by atoms with E-state index in [9.17, 15) is 14.9 Å². The third-order valence-corrected chi connectivity index (χ3v) is 5.40. The van der Waals surface area contributed by atoms with Crippen molar-refractivity contribution >= 4 is 11.8 Å². The summed E-state index contributed by atoms with van der Waals surface area (Å²) < 4.78 is 0. The van der Waals surface area contributed by atoms with Crippen molar-refractivity contribution < 1.29 is 9.59 Å². The molecule has 5 N–H and O–H groups in total. The molecule has 0 saturated heterocycles. The highest BCUT2D eigenvalue weighted by atomic mass is 16.2. The van der Waals surface area contributed by atoms with Gasteiger partial charge in [-0.25, -0.2) is 0 Å². The highest BCUT2D eigenvalue weighted by molar-refractivity contribution is 5.91. The normalized spacial score (nSPS) is 16.4. The lowest BCUT2D eigenvalue weighted by molar-refractivity contribution is -0.127. The number of hydrogen-bond acceptors (Lipinski definition) is 5. The number of primary amides is 1. The average molecular weight is 391 g/mol. The number of carbonyl (C=O) groups excluding carboxylic acids is 2. The van der Waals surface area contributed by atoms with Crippen LogP contribution in [0.4, 0.5) is 0 Å². The molecule has 150 valence electrons. The molecule has 2 amide bonds. The third kappa shape index (κ3) is 4.98. The fraction of sp³-hybridized carbons (Fsp3) is 0.364. The molecule has 1 aromatic heterocycles. The molecule has 2 aromatic rings. The van der Waals surface area contributed by atoms with Crippen molar-refractivity contribution in [2.75, 3.05) is 0 Å². The van der Waals surface area contributed by atoms with Crippen LogP contribution >= 0.6 is 0 Å². The van der Waals surface area contributed by atoms with Crippen LogP contribution in [0.3, 0.4) is 0 Å². The lowest BCUT2D eigenvalue weighted by atomic mass is 9.81. The zero-order chi connectivity index (χ0) is 20.9. The Hall–Kier alpha value is -3.24. The summed E-state index contributed by atoms with van der Waals surface area (Å²) in [5, 5.41) is 12.3. The Morgan fingerprint density at radius 3 is 2.31 bits per heavy atom. The summed E-state index contributed by atoms with van der Waals surface area (Å²) in [4.78, 5) is 27.7. The van der Waals surface area contributed by atoms with Gasteiger partial charge < -0.3 is 16.8 Å². The maximum Gasteiger partial charge on any atom is 0.267 e. The van der Waals surface area contributed by atoms with Crippen molar-refractivity contribution in [1.29, 1.82) is 5.26 Å². The summed E-state index contributed by atoms with van der Waals surface area (Å²) in [5.41, 5.74) is 13.5. The number of nitrogens with zero attached hydrogens (tertiary/aromatic N) is 2. The first-order chi connectivity index (χ1) is 13.9. The molecule has 1 aliphatic carbocycles. The lowest BCUT2D eigenvalue weighted by Gasteiger charge is -2.32. The molecule has 1 fully saturated rings. The van der Waals surface area contributed by atoms with Crippen LogP contribution in [0, 0.1) is 11.3 Å². The Kier molecular flexibility index (Phi) is 6.25. The smallest absolute Gasteiger partial charge is 0.267 e. The standard InChI is InChI=1S/C22H25N5O2/c23-13-18(27-21(29)22(25)10-2-1-3-11-22)12-15-4-6-16(7-5-15)17-8-9-19(20(24)28)26-14-17/h4-9,14,18H,1-3,10-12,25H2,(H2,24,28)(H,27,29). The Balaban J connectivity index is 1.64. The zero-order valence-electron chi connectivity index (χ0n) is 16.2. The number of benzene rings is 1. The van der Waals surface area contributed by atoms with Gasteiger partial charge in [-0.3, -0.25) is 14.6 Å². The predicted octanol–water partition coefficient (Wildman–Crippen LogP) is 2.06. The summed E-state index contributed by atoms with van der Waals surface area (Å²) in [6, 6.07) is 12.5. The molecule has 1 atom stereocenters. The van der Waals surface area contributed by atoms with E-state index in [0.29, 0.717) is 19.3 Å². The Morgan fingerprint density at radius 2 is 1.76 bits per heavy atom. The molecule has 7 nitrogen and oxygen atoms in total. The minimum atomic E-state index is -0.860. The number of nitriles is 1. The van der Waals surface area contributed by atoms with Gasteiger partial charge in [-0.05, 0) is 30.0 Å². The first kappa shape index (κ1) is 20.5. The lowest BCUT2D eigenvalue weighted by Crippen LogP contribution is -2.57. The second kappa shape index (κ2) is 8.84. The van der Waals surface area contributed by atoms with Crippen LogP contribution in [0.15, 0.2) is 42.6 Å². The average Bonchev–Trinajstić information content (AvgIpc) is 2.74. The van der Waals surface area contributed by atoms with Gasteiger partial charge >= 0.3 is 0 Å². The highest BCUT2D eigenvalue weighted by Crippen LogP contribution is 2.26. The number of nitrogens with two attached hydrogens (primary N) is 2. The van der Waals surface area contributed by atoms with E-state index >= 15 is 0 Å². The molecule has 0 spiro atoms. The first-order valence-electron chi connectivity index (χ1n) is 9.76. The van der Waals surface area contributed by atoms with Crippen molar-refractivity contribution in [1.82, 2.24) is 10.3 Å². The van der Waals surface area contributed by atoms with Crippen LogP contribution < -0.4 is 16.8 Å². The van der Waals surface area contributed by atoms with Gasteiger partial charge in [-0.15, -0.1) is 0 Å². The van der Waals surface area contributed by atoms with E-state index in [1.807, 2.05) is 24.3 Å². The number of pyridine rings is 1. The minimum absolute atomic E-state index is 0.216. The van der Waals surface area contributed by atoms with Gasteiger partial charge in [0.25, 0.3) is 5.91 Å². The van der Waals surface area contributed by atoms with Crippen LogP contribution in [0.1, 0.15) is 48.2 Å². The number of nitrogens with one attached hydrogen (secondary N) is 1. The summed E-state index contributed by atoms with van der Waals surface area (Å²) in [6.45, 7) is 0. The van der Waals surface area contributed by atoms with Gasteiger partial charge in [-0.1, -0.05) is 49.6 Å². The molecule has 1 unspecified atom stereocenters. The van der Waals surface area contributed by atoms with Crippen molar-refractivity contribution in [3.63, 3.8) is 0 Å². The van der Waals surface area contributed by atoms with Gasteiger partial charge in [0.1, 0.15) is 11.7 Å². The van der Waals surface area contributed by atoms with Gasteiger partial charge in [0.05, 0.1) is 11.6 Å². The van der Waals surface area contributed by atoms with Gasteiger partial charge in [-0.2, -0.15) is 5.26 Å². The van der Waals surface area contributed by atoms with E-state index in [-0.39, 0.29) is 11.6 Å². The zero-order valence-corrected chi connectivity index (χ0v) is 16.2. The molecule has 1 aliphatic rings. The van der Waals surface area contributed by atoms with Crippen molar-refractivity contribution in [3.05, 3.63) is 53.9 Å². The van der Waals surface area contributed by atoms with E-state index in [1.54, 1.807) is 18.3 Å². The van der Waals surface area contributed by atoms with E-state index in [2.05, 4.69) is 16.4 Å². The maximum atomic E-state index is 12.6. The highest BCUT2D eigenvalue weighted by Gasteiger charge is 2.36. The SMILES string of the molecule is N#CC(Cc1ccc(-c2ccc(C(N)=O)nc2)cc1)NC(=O)C1(N)CCCCC1. The first-order valence-corrected chi connectivity index (χ1v) is 9.76. The van der Waals surface area contributed by atoms with Crippen molar-refractivity contribution in [2.24, 2.45) is 11.5 Å². The van der Waals surface area contributed by atoms with Crippen molar-refractivity contribution in [3.8, 4) is 17.2 Å². The largest absolute Gasteiger partial charge is 0.364 e. The molecule has 0 bridgehead atoms. The topological polar surface area (TPSA) is 135 Å².